The Kier molecular flexibility index (Phi) is 5.43. The standard InChI is InChI=1S/C24H22N8O3/c1-25-23-17-12-26-20-11-16(17)18(13-27-23)24-30-21-6-5-15(14-32(21)31-24)34-9-7-33-8-10-35-22-4-2-3-19(28-20)29-22/h2-6,11-14H,7-10H2,1H3,(H,25,27)(H,26,28,29). The van der Waals surface area contributed by atoms with Crippen molar-refractivity contribution in [3.05, 3.63) is 55.0 Å². The number of aromatic nitrogens is 6. The van der Waals surface area contributed by atoms with E-state index in [2.05, 4.69) is 25.6 Å². The molecule has 6 rings (SSSR count). The average molecular weight is 470 g/mol. The Balaban J connectivity index is 1.48. The minimum atomic E-state index is 0.377. The fraction of sp³-hybridized carbons (Fsp3) is 0.208. The number of pyridine rings is 4. The molecule has 0 fully saturated rings. The van der Waals surface area contributed by atoms with Crippen molar-refractivity contribution in [1.82, 2.24) is 29.5 Å². The average Bonchev–Trinajstić information content (AvgIpc) is 3.30. The maximum absolute atomic E-state index is 5.81. The van der Waals surface area contributed by atoms with E-state index in [0.29, 0.717) is 67.0 Å². The van der Waals surface area contributed by atoms with Gasteiger partial charge in [-0.25, -0.2) is 19.5 Å². The molecule has 1 aliphatic rings. The van der Waals surface area contributed by atoms with E-state index in [1.807, 2.05) is 37.4 Å². The van der Waals surface area contributed by atoms with Gasteiger partial charge < -0.3 is 24.8 Å². The van der Waals surface area contributed by atoms with Crippen LogP contribution in [0.4, 0.5) is 17.5 Å². The molecule has 0 atom stereocenters. The monoisotopic (exact) mass is 470 g/mol. The van der Waals surface area contributed by atoms with E-state index >= 15 is 0 Å². The van der Waals surface area contributed by atoms with Crippen LogP contribution in [0.5, 0.6) is 11.6 Å². The van der Waals surface area contributed by atoms with Gasteiger partial charge in [0.2, 0.25) is 5.88 Å². The first kappa shape index (κ1) is 21.1. The van der Waals surface area contributed by atoms with E-state index in [1.165, 1.54) is 0 Å². The van der Waals surface area contributed by atoms with Gasteiger partial charge in [0, 0.05) is 41.8 Å². The van der Waals surface area contributed by atoms with Crippen molar-refractivity contribution in [3.63, 3.8) is 0 Å². The molecule has 0 aliphatic carbocycles. The highest BCUT2D eigenvalue weighted by atomic mass is 16.5. The molecule has 2 N–H and O–H groups in total. The molecule has 11 nitrogen and oxygen atoms in total. The largest absolute Gasteiger partial charge is 0.490 e. The first-order chi connectivity index (χ1) is 17.3. The van der Waals surface area contributed by atoms with Gasteiger partial charge in [-0.15, -0.1) is 5.10 Å². The van der Waals surface area contributed by atoms with Crippen molar-refractivity contribution >= 4 is 33.9 Å². The molecule has 35 heavy (non-hydrogen) atoms. The molecule has 176 valence electrons. The molecule has 0 aromatic carbocycles. The van der Waals surface area contributed by atoms with Crippen LogP contribution in [0.2, 0.25) is 0 Å². The molecule has 0 saturated heterocycles. The first-order valence-electron chi connectivity index (χ1n) is 11.2. The third-order valence-electron chi connectivity index (χ3n) is 5.51. The number of hydrogen-bond donors (Lipinski definition) is 2. The van der Waals surface area contributed by atoms with E-state index in [1.54, 1.807) is 29.2 Å². The smallest absolute Gasteiger partial charge is 0.215 e. The fourth-order valence-electron chi connectivity index (χ4n) is 3.87. The summed E-state index contributed by atoms with van der Waals surface area (Å²) in [4.78, 5) is 18.4. The van der Waals surface area contributed by atoms with Gasteiger partial charge in [-0.05, 0) is 24.3 Å². The van der Waals surface area contributed by atoms with Gasteiger partial charge in [0.25, 0.3) is 0 Å². The molecule has 5 aromatic rings. The van der Waals surface area contributed by atoms with E-state index < -0.39 is 0 Å². The molecule has 6 heterocycles. The third kappa shape index (κ3) is 4.24. The quantitative estimate of drug-likeness (QED) is 0.377. The summed E-state index contributed by atoms with van der Waals surface area (Å²) in [7, 11) is 1.83. The Labute approximate surface area is 200 Å². The predicted octanol–water partition coefficient (Wildman–Crippen LogP) is 3.31. The normalized spacial score (nSPS) is 14.0. The highest BCUT2D eigenvalue weighted by Crippen LogP contribution is 2.32. The summed E-state index contributed by atoms with van der Waals surface area (Å²) in [6.45, 7) is 1.63. The number of fused-ring (bicyclic) bond motifs is 6. The van der Waals surface area contributed by atoms with Crippen molar-refractivity contribution in [2.45, 2.75) is 0 Å². The molecule has 11 heteroatoms. The molecule has 0 saturated carbocycles. The number of ether oxygens (including phenoxy) is 3. The topological polar surface area (TPSA) is 121 Å². The zero-order chi connectivity index (χ0) is 23.6. The summed E-state index contributed by atoms with van der Waals surface area (Å²) in [6.07, 6.45) is 5.34. The van der Waals surface area contributed by atoms with E-state index in [0.717, 1.165) is 16.3 Å². The Bertz CT molecular complexity index is 1520. The Morgan fingerprint density at radius 3 is 2.74 bits per heavy atom. The summed E-state index contributed by atoms with van der Waals surface area (Å²) in [5, 5.41) is 12.8. The first-order valence-corrected chi connectivity index (χ1v) is 11.2. The number of anilines is 3. The van der Waals surface area contributed by atoms with Gasteiger partial charge in [-0.3, -0.25) is 0 Å². The van der Waals surface area contributed by atoms with Crippen LogP contribution in [0.1, 0.15) is 0 Å². The Hall–Kier alpha value is -4.51. The maximum Gasteiger partial charge on any atom is 0.215 e. The second kappa shape index (κ2) is 9.03. The second-order valence-corrected chi connectivity index (χ2v) is 7.78. The summed E-state index contributed by atoms with van der Waals surface area (Å²) >= 11 is 0. The van der Waals surface area contributed by atoms with Gasteiger partial charge in [0.05, 0.1) is 19.4 Å². The van der Waals surface area contributed by atoms with Crippen LogP contribution in [0.25, 0.3) is 27.8 Å². The molecule has 0 unspecified atom stereocenters. The van der Waals surface area contributed by atoms with Gasteiger partial charge in [0.1, 0.15) is 36.4 Å². The van der Waals surface area contributed by atoms with Crippen LogP contribution in [-0.4, -0.2) is 63.0 Å². The highest BCUT2D eigenvalue weighted by Gasteiger charge is 2.15. The molecular weight excluding hydrogens is 448 g/mol. The molecule has 7 bridgehead atoms. The van der Waals surface area contributed by atoms with Gasteiger partial charge in [-0.1, -0.05) is 6.07 Å². The predicted molar refractivity (Wildman–Crippen MR) is 130 cm³/mol. The fourth-order valence-corrected chi connectivity index (χ4v) is 3.87. The summed E-state index contributed by atoms with van der Waals surface area (Å²) < 4.78 is 18.8. The third-order valence-corrected chi connectivity index (χ3v) is 5.51. The van der Waals surface area contributed by atoms with Crippen molar-refractivity contribution in [3.8, 4) is 23.0 Å². The van der Waals surface area contributed by atoms with Crippen molar-refractivity contribution in [2.75, 3.05) is 44.1 Å². The lowest BCUT2D eigenvalue weighted by molar-refractivity contribution is 0.0752. The number of hydrogen-bond acceptors (Lipinski definition) is 10. The second-order valence-electron chi connectivity index (χ2n) is 7.78. The molecule has 0 amide bonds. The van der Waals surface area contributed by atoms with Crippen molar-refractivity contribution in [1.29, 1.82) is 0 Å². The molecule has 0 spiro atoms. The van der Waals surface area contributed by atoms with Gasteiger partial charge >= 0.3 is 0 Å². The van der Waals surface area contributed by atoms with E-state index in [4.69, 9.17) is 24.3 Å². The number of rotatable bonds is 1. The summed E-state index contributed by atoms with van der Waals surface area (Å²) in [5.41, 5.74) is 1.48. The molecule has 5 aromatic heterocycles. The Morgan fingerprint density at radius 1 is 0.914 bits per heavy atom. The van der Waals surface area contributed by atoms with Gasteiger partial charge in [-0.2, -0.15) is 4.98 Å². The van der Waals surface area contributed by atoms with Crippen LogP contribution >= 0.6 is 0 Å². The lowest BCUT2D eigenvalue weighted by Gasteiger charge is -2.12. The lowest BCUT2D eigenvalue weighted by Crippen LogP contribution is -2.12. The van der Waals surface area contributed by atoms with E-state index in [-0.39, 0.29) is 0 Å². The minimum absolute atomic E-state index is 0.377. The zero-order valence-corrected chi connectivity index (χ0v) is 18.9. The minimum Gasteiger partial charge on any atom is -0.490 e. The van der Waals surface area contributed by atoms with Crippen LogP contribution < -0.4 is 20.1 Å². The van der Waals surface area contributed by atoms with Crippen LogP contribution in [0.15, 0.2) is 55.0 Å². The van der Waals surface area contributed by atoms with Crippen LogP contribution in [-0.2, 0) is 4.74 Å². The molecular formula is C24H22N8O3. The number of nitrogens with zero attached hydrogens (tertiary/aromatic N) is 6. The number of nitrogens with one attached hydrogen (secondary N) is 2. The van der Waals surface area contributed by atoms with Gasteiger partial charge in [0.15, 0.2) is 11.5 Å². The maximum atomic E-state index is 5.81. The lowest BCUT2D eigenvalue weighted by atomic mass is 10.1. The van der Waals surface area contributed by atoms with Crippen LogP contribution in [0.3, 0.4) is 0 Å². The van der Waals surface area contributed by atoms with Crippen molar-refractivity contribution in [2.24, 2.45) is 0 Å². The zero-order valence-electron chi connectivity index (χ0n) is 18.9. The van der Waals surface area contributed by atoms with E-state index in [9.17, 15) is 0 Å². The SMILES string of the molecule is CNc1ncc2c3cc(ncc13)Nc1cccc(n1)OCCOCCOc1ccc3nc-2nn3c1. The Morgan fingerprint density at radius 2 is 1.83 bits per heavy atom. The summed E-state index contributed by atoms with van der Waals surface area (Å²) in [5.74, 6) is 3.66. The summed E-state index contributed by atoms with van der Waals surface area (Å²) in [6, 6.07) is 11.2. The van der Waals surface area contributed by atoms with Crippen LogP contribution in [0, 0.1) is 0 Å². The highest BCUT2D eigenvalue weighted by molar-refractivity contribution is 6.01. The van der Waals surface area contributed by atoms with Crippen molar-refractivity contribution < 1.29 is 14.2 Å². The molecule has 0 radical (unpaired) electrons. The molecule has 1 aliphatic heterocycles.